The number of nitrogens with two attached hydrogens (primary N) is 1. The van der Waals surface area contributed by atoms with Gasteiger partial charge in [-0.05, 0) is 55.3 Å². The van der Waals surface area contributed by atoms with Crippen molar-refractivity contribution in [2.24, 2.45) is 11.1 Å². The molecule has 0 saturated carbocycles. The largest absolute Gasteiger partial charge is 0.396 e. The summed E-state index contributed by atoms with van der Waals surface area (Å²) in [6, 6.07) is 20.2. The SMILES string of the molecule is CC(=CC(=O)N(C)[C@H](Cc1ccc(-c2ccccc2)cc1)C(=O)N(C)[C@H](Cc1cccs1)C(=O)NCC(C)(C)CO)CC(C)(C)N. The van der Waals surface area contributed by atoms with Crippen molar-refractivity contribution in [1.29, 1.82) is 0 Å². The van der Waals surface area contributed by atoms with Crippen LogP contribution in [0.15, 0.2) is 83.8 Å². The molecule has 0 bridgehead atoms. The molecule has 0 aliphatic heterocycles. The van der Waals surface area contributed by atoms with Crippen LogP contribution in [0.3, 0.4) is 0 Å². The van der Waals surface area contributed by atoms with Gasteiger partial charge in [0.25, 0.3) is 0 Å². The first-order valence-electron chi connectivity index (χ1n) is 15.6. The van der Waals surface area contributed by atoms with Crippen LogP contribution in [0.5, 0.6) is 0 Å². The van der Waals surface area contributed by atoms with Gasteiger partial charge in [-0.1, -0.05) is 80.1 Å². The molecule has 3 amide bonds. The van der Waals surface area contributed by atoms with Crippen LogP contribution in [-0.4, -0.2) is 77.5 Å². The Kier molecular flexibility index (Phi) is 12.9. The van der Waals surface area contributed by atoms with E-state index in [0.717, 1.165) is 27.1 Å². The van der Waals surface area contributed by atoms with E-state index in [4.69, 9.17) is 5.73 Å². The van der Waals surface area contributed by atoms with Gasteiger partial charge in [-0.3, -0.25) is 14.4 Å². The van der Waals surface area contributed by atoms with E-state index in [1.165, 1.54) is 21.1 Å². The van der Waals surface area contributed by atoms with Gasteiger partial charge in [-0.15, -0.1) is 11.3 Å². The smallest absolute Gasteiger partial charge is 0.246 e. The molecule has 1 heterocycles. The molecule has 1 aromatic heterocycles. The van der Waals surface area contributed by atoms with Crippen molar-refractivity contribution in [3.8, 4) is 11.1 Å². The van der Waals surface area contributed by atoms with Gasteiger partial charge < -0.3 is 26.0 Å². The summed E-state index contributed by atoms with van der Waals surface area (Å²) < 4.78 is 0. The monoisotopic (exact) mass is 646 g/mol. The van der Waals surface area contributed by atoms with Crippen LogP contribution in [0.2, 0.25) is 0 Å². The van der Waals surface area contributed by atoms with E-state index in [1.54, 1.807) is 20.2 Å². The standard InChI is InChI=1S/C37H50N4O4S/c1-26(23-37(4,5)38)20-33(43)40(6)32(21-27-15-17-29(18-16-27)28-12-9-8-10-13-28)35(45)41(7)31(22-30-14-11-19-46-30)34(44)39-24-36(2,3)25-42/h8-20,31-32,42H,21-25,38H2,1-7H3,(H,39,44)/t31-,32-/m1/s1. The maximum absolute atomic E-state index is 14.4. The fourth-order valence-electron chi connectivity index (χ4n) is 5.23. The molecule has 2 atom stereocenters. The first kappa shape index (κ1) is 36.7. The Morgan fingerprint density at radius 1 is 0.891 bits per heavy atom. The Bertz CT molecular complexity index is 1460. The number of rotatable bonds is 15. The molecule has 0 unspecified atom stereocenters. The second-order valence-corrected chi connectivity index (χ2v) is 14.7. The number of nitrogens with one attached hydrogen (secondary N) is 1. The molecule has 248 valence electrons. The summed E-state index contributed by atoms with van der Waals surface area (Å²) in [5.41, 5.74) is 9.03. The molecular formula is C37H50N4O4S. The predicted octanol–water partition coefficient (Wildman–Crippen LogP) is 5.06. The molecule has 0 spiro atoms. The Morgan fingerprint density at radius 2 is 1.52 bits per heavy atom. The zero-order valence-corrected chi connectivity index (χ0v) is 29.1. The van der Waals surface area contributed by atoms with Crippen molar-refractivity contribution >= 4 is 29.1 Å². The Hall–Kier alpha value is -3.79. The maximum Gasteiger partial charge on any atom is 0.246 e. The lowest BCUT2D eigenvalue weighted by atomic mass is 9.94. The summed E-state index contributed by atoms with van der Waals surface area (Å²) in [7, 11) is 3.26. The molecule has 8 nitrogen and oxygen atoms in total. The fourth-order valence-corrected chi connectivity index (χ4v) is 5.97. The molecule has 0 fully saturated rings. The molecule has 0 aliphatic carbocycles. The van der Waals surface area contributed by atoms with Crippen molar-refractivity contribution < 1.29 is 19.5 Å². The van der Waals surface area contributed by atoms with Gasteiger partial charge in [0, 0.05) is 62.0 Å². The molecule has 46 heavy (non-hydrogen) atoms. The molecule has 3 rings (SSSR count). The molecule has 0 saturated heterocycles. The first-order chi connectivity index (χ1) is 21.6. The summed E-state index contributed by atoms with van der Waals surface area (Å²) >= 11 is 1.52. The van der Waals surface area contributed by atoms with E-state index in [0.29, 0.717) is 12.8 Å². The van der Waals surface area contributed by atoms with Gasteiger partial charge in [0.15, 0.2) is 0 Å². The van der Waals surface area contributed by atoms with Crippen molar-refractivity contribution in [3.63, 3.8) is 0 Å². The van der Waals surface area contributed by atoms with E-state index >= 15 is 0 Å². The first-order valence-corrected chi connectivity index (χ1v) is 16.5. The molecule has 0 radical (unpaired) electrons. The molecule has 9 heteroatoms. The Labute approximate surface area is 278 Å². The van der Waals surface area contributed by atoms with E-state index in [2.05, 4.69) is 5.32 Å². The van der Waals surface area contributed by atoms with Crippen molar-refractivity contribution in [2.75, 3.05) is 27.2 Å². The lowest BCUT2D eigenvalue weighted by Crippen LogP contribution is -2.56. The minimum atomic E-state index is -0.873. The highest BCUT2D eigenvalue weighted by atomic mass is 32.1. The number of likely N-dealkylation sites (N-methyl/N-ethyl adjacent to an activating group) is 2. The zero-order valence-electron chi connectivity index (χ0n) is 28.2. The van der Waals surface area contributed by atoms with Crippen molar-refractivity contribution in [1.82, 2.24) is 15.1 Å². The number of aliphatic hydroxyl groups is 1. The number of hydrogen-bond donors (Lipinski definition) is 3. The number of carbonyl (C=O) groups is 3. The summed E-state index contributed by atoms with van der Waals surface area (Å²) in [4.78, 5) is 45.5. The van der Waals surface area contributed by atoms with Gasteiger partial charge in [-0.25, -0.2) is 0 Å². The molecule has 4 N–H and O–H groups in total. The van der Waals surface area contributed by atoms with Crippen LogP contribution in [0.4, 0.5) is 0 Å². The number of aliphatic hydroxyl groups excluding tert-OH is 1. The summed E-state index contributed by atoms with van der Waals surface area (Å²) in [6.07, 6.45) is 2.66. The minimum absolute atomic E-state index is 0.0933. The highest BCUT2D eigenvalue weighted by molar-refractivity contribution is 7.09. The summed E-state index contributed by atoms with van der Waals surface area (Å²) in [5.74, 6) is -0.962. The number of nitrogens with zero attached hydrogens (tertiary/aromatic N) is 2. The van der Waals surface area contributed by atoms with Crippen LogP contribution in [0.1, 0.15) is 51.5 Å². The third kappa shape index (κ3) is 10.9. The molecule has 2 aromatic carbocycles. The fraction of sp³-hybridized carbons (Fsp3) is 0.432. The Morgan fingerprint density at radius 3 is 2.09 bits per heavy atom. The Balaban J connectivity index is 1.95. The van der Waals surface area contributed by atoms with Crippen LogP contribution in [-0.2, 0) is 27.2 Å². The lowest BCUT2D eigenvalue weighted by molar-refractivity contribution is -0.146. The van der Waals surface area contributed by atoms with Gasteiger partial charge in [0.2, 0.25) is 17.7 Å². The van der Waals surface area contributed by atoms with Crippen LogP contribution in [0.25, 0.3) is 11.1 Å². The molecule has 0 aliphatic rings. The minimum Gasteiger partial charge on any atom is -0.396 e. The van der Waals surface area contributed by atoms with Gasteiger partial charge in [0.05, 0.1) is 0 Å². The average molecular weight is 647 g/mol. The van der Waals surface area contributed by atoms with Crippen molar-refractivity contribution in [2.45, 2.75) is 71.5 Å². The van der Waals surface area contributed by atoms with Gasteiger partial charge in [0.1, 0.15) is 12.1 Å². The lowest BCUT2D eigenvalue weighted by Gasteiger charge is -2.35. The van der Waals surface area contributed by atoms with Crippen LogP contribution < -0.4 is 11.1 Å². The summed E-state index contributed by atoms with van der Waals surface area (Å²) in [5, 5.41) is 14.6. The number of thiophene rings is 1. The molecule has 3 aromatic rings. The maximum atomic E-state index is 14.4. The van der Waals surface area contributed by atoms with E-state index < -0.39 is 23.0 Å². The van der Waals surface area contributed by atoms with Crippen molar-refractivity contribution in [3.05, 3.63) is 94.2 Å². The van der Waals surface area contributed by atoms with Crippen LogP contribution >= 0.6 is 11.3 Å². The van der Waals surface area contributed by atoms with Gasteiger partial charge >= 0.3 is 0 Å². The number of hydrogen-bond acceptors (Lipinski definition) is 6. The predicted molar refractivity (Wildman–Crippen MR) is 187 cm³/mol. The van der Waals surface area contributed by atoms with Crippen LogP contribution in [0, 0.1) is 5.41 Å². The molecular weight excluding hydrogens is 596 g/mol. The third-order valence-electron chi connectivity index (χ3n) is 7.96. The normalized spacial score (nSPS) is 13.5. The van der Waals surface area contributed by atoms with Gasteiger partial charge in [-0.2, -0.15) is 0 Å². The van der Waals surface area contributed by atoms with E-state index in [1.807, 2.05) is 107 Å². The number of benzene rings is 2. The highest BCUT2D eigenvalue weighted by Gasteiger charge is 2.35. The summed E-state index contributed by atoms with van der Waals surface area (Å²) in [6.45, 7) is 9.54. The second kappa shape index (κ2) is 16.2. The topological polar surface area (TPSA) is 116 Å². The van der Waals surface area contributed by atoms with E-state index in [9.17, 15) is 19.5 Å². The quantitative estimate of drug-likeness (QED) is 0.200. The average Bonchev–Trinajstić information content (AvgIpc) is 3.53. The highest BCUT2D eigenvalue weighted by Crippen LogP contribution is 2.23. The zero-order chi connectivity index (χ0) is 34.1. The number of amides is 3. The third-order valence-corrected chi connectivity index (χ3v) is 8.85. The number of carbonyl (C=O) groups excluding carboxylic acids is 3. The second-order valence-electron chi connectivity index (χ2n) is 13.7. The van der Waals surface area contributed by atoms with E-state index in [-0.39, 0.29) is 37.3 Å².